The predicted molar refractivity (Wildman–Crippen MR) is 97.3 cm³/mol. The predicted octanol–water partition coefficient (Wildman–Crippen LogP) is 1.92. The number of hydrogen-bond acceptors (Lipinski definition) is 7. The molecule has 1 aromatic heterocycles. The molecule has 0 fully saturated rings. The summed E-state index contributed by atoms with van der Waals surface area (Å²) < 4.78 is 38.2. The smallest absolute Gasteiger partial charge is 0.240 e. The average molecular weight is 397 g/mol. The van der Waals surface area contributed by atoms with Gasteiger partial charge in [0.1, 0.15) is 0 Å². The zero-order valence-corrected chi connectivity index (χ0v) is 15.8. The van der Waals surface area contributed by atoms with Crippen LogP contribution in [0.5, 0.6) is 11.5 Å². The van der Waals surface area contributed by atoms with Crippen LogP contribution in [0.3, 0.4) is 0 Å². The molecule has 0 unspecified atom stereocenters. The lowest BCUT2D eigenvalue weighted by Gasteiger charge is -2.10. The highest BCUT2D eigenvalue weighted by molar-refractivity contribution is 7.89. The van der Waals surface area contributed by atoms with Crippen molar-refractivity contribution < 1.29 is 22.7 Å². The minimum Gasteiger partial charge on any atom is -0.490 e. The van der Waals surface area contributed by atoms with Gasteiger partial charge in [-0.05, 0) is 19.1 Å². The summed E-state index contributed by atoms with van der Waals surface area (Å²) in [4.78, 5) is 16.1. The zero-order chi connectivity index (χ0) is 18.6. The van der Waals surface area contributed by atoms with Crippen molar-refractivity contribution in [3.63, 3.8) is 0 Å². The third-order valence-electron chi connectivity index (χ3n) is 3.54. The first kappa shape index (κ1) is 18.6. The van der Waals surface area contributed by atoms with Crippen LogP contribution in [0.1, 0.15) is 18.5 Å². The summed E-state index contributed by atoms with van der Waals surface area (Å²) in [6, 6.07) is 4.46. The number of fused-ring (bicyclic) bond motifs is 1. The maximum absolute atomic E-state index is 12.4. The van der Waals surface area contributed by atoms with Gasteiger partial charge in [0.2, 0.25) is 15.9 Å². The fourth-order valence-corrected chi connectivity index (χ4v) is 4.04. The van der Waals surface area contributed by atoms with Gasteiger partial charge >= 0.3 is 0 Å². The van der Waals surface area contributed by atoms with E-state index >= 15 is 0 Å². The molecule has 2 aromatic rings. The van der Waals surface area contributed by atoms with Crippen molar-refractivity contribution in [2.24, 2.45) is 0 Å². The van der Waals surface area contributed by atoms with E-state index in [-0.39, 0.29) is 23.8 Å². The Hall–Kier alpha value is -2.17. The second-order valence-electron chi connectivity index (χ2n) is 5.65. The lowest BCUT2D eigenvalue weighted by molar-refractivity contribution is -0.116. The summed E-state index contributed by atoms with van der Waals surface area (Å²) in [5, 5.41) is 4.95. The SMILES string of the molecule is Cc1csc(NC(=O)CCNS(=O)(=O)c2ccc3c(c2)OCCCO3)n1. The Labute approximate surface area is 155 Å². The largest absolute Gasteiger partial charge is 0.490 e. The Kier molecular flexibility index (Phi) is 5.74. The zero-order valence-electron chi connectivity index (χ0n) is 14.1. The Balaban J connectivity index is 1.57. The number of sulfonamides is 1. The number of ether oxygens (including phenoxy) is 2. The van der Waals surface area contributed by atoms with E-state index in [4.69, 9.17) is 9.47 Å². The number of hydrogen-bond donors (Lipinski definition) is 2. The fourth-order valence-electron chi connectivity index (χ4n) is 2.29. The summed E-state index contributed by atoms with van der Waals surface area (Å²) in [6.07, 6.45) is 0.741. The average Bonchev–Trinajstić information content (AvgIpc) is 2.86. The van der Waals surface area contributed by atoms with Crippen LogP contribution in [0, 0.1) is 6.92 Å². The maximum atomic E-state index is 12.4. The van der Waals surface area contributed by atoms with Crippen LogP contribution in [-0.2, 0) is 14.8 Å². The van der Waals surface area contributed by atoms with Crippen molar-refractivity contribution in [3.05, 3.63) is 29.3 Å². The van der Waals surface area contributed by atoms with Crippen LogP contribution >= 0.6 is 11.3 Å². The number of anilines is 1. The summed E-state index contributed by atoms with van der Waals surface area (Å²) in [5.41, 5.74) is 0.820. The molecular weight excluding hydrogens is 378 g/mol. The maximum Gasteiger partial charge on any atom is 0.240 e. The number of aromatic nitrogens is 1. The second kappa shape index (κ2) is 8.02. The van der Waals surface area contributed by atoms with Crippen LogP contribution in [0.25, 0.3) is 0 Å². The van der Waals surface area contributed by atoms with Crippen LogP contribution in [-0.4, -0.2) is 39.1 Å². The normalized spacial score (nSPS) is 13.9. The number of carbonyl (C=O) groups excluding carboxylic acids is 1. The van der Waals surface area contributed by atoms with E-state index in [1.165, 1.54) is 23.5 Å². The quantitative estimate of drug-likeness (QED) is 0.771. The van der Waals surface area contributed by atoms with Crippen molar-refractivity contribution in [3.8, 4) is 11.5 Å². The van der Waals surface area contributed by atoms with Crippen LogP contribution in [0.15, 0.2) is 28.5 Å². The molecule has 1 aliphatic rings. The molecule has 0 saturated carbocycles. The van der Waals surface area contributed by atoms with E-state index in [0.717, 1.165) is 12.1 Å². The lowest BCUT2D eigenvalue weighted by atomic mass is 10.3. The van der Waals surface area contributed by atoms with Gasteiger partial charge in [-0.25, -0.2) is 18.1 Å². The molecule has 10 heteroatoms. The van der Waals surface area contributed by atoms with Gasteiger partial charge in [-0.15, -0.1) is 11.3 Å². The van der Waals surface area contributed by atoms with Gasteiger partial charge in [0.15, 0.2) is 16.6 Å². The lowest BCUT2D eigenvalue weighted by Crippen LogP contribution is -2.27. The molecule has 0 atom stereocenters. The second-order valence-corrected chi connectivity index (χ2v) is 8.27. The highest BCUT2D eigenvalue weighted by Crippen LogP contribution is 2.31. The first-order chi connectivity index (χ1) is 12.4. The monoisotopic (exact) mass is 397 g/mol. The molecule has 1 amide bonds. The minimum atomic E-state index is -3.75. The highest BCUT2D eigenvalue weighted by atomic mass is 32.2. The number of carbonyl (C=O) groups is 1. The first-order valence-corrected chi connectivity index (χ1v) is 10.4. The van der Waals surface area contributed by atoms with Crippen molar-refractivity contribution in [1.82, 2.24) is 9.71 Å². The highest BCUT2D eigenvalue weighted by Gasteiger charge is 2.19. The fraction of sp³-hybridized carbons (Fsp3) is 0.375. The third-order valence-corrected chi connectivity index (χ3v) is 5.87. The van der Waals surface area contributed by atoms with E-state index in [9.17, 15) is 13.2 Å². The van der Waals surface area contributed by atoms with Crippen LogP contribution < -0.4 is 19.5 Å². The van der Waals surface area contributed by atoms with E-state index in [1.54, 1.807) is 6.07 Å². The Morgan fingerprint density at radius 2 is 2.04 bits per heavy atom. The van der Waals surface area contributed by atoms with Gasteiger partial charge in [0.25, 0.3) is 0 Å². The molecular formula is C16H19N3O5S2. The van der Waals surface area contributed by atoms with Crippen molar-refractivity contribution in [1.29, 1.82) is 0 Å². The Morgan fingerprint density at radius 1 is 1.27 bits per heavy atom. The van der Waals surface area contributed by atoms with Gasteiger partial charge in [0.05, 0.1) is 23.8 Å². The number of nitrogens with zero attached hydrogens (tertiary/aromatic N) is 1. The molecule has 2 N–H and O–H groups in total. The number of benzene rings is 1. The molecule has 0 radical (unpaired) electrons. The molecule has 0 spiro atoms. The molecule has 26 heavy (non-hydrogen) atoms. The van der Waals surface area contributed by atoms with E-state index < -0.39 is 10.0 Å². The summed E-state index contributed by atoms with van der Waals surface area (Å²) in [5.74, 6) is 0.627. The van der Waals surface area contributed by atoms with E-state index in [0.29, 0.717) is 29.8 Å². The van der Waals surface area contributed by atoms with Gasteiger partial charge in [0, 0.05) is 30.8 Å². The Morgan fingerprint density at radius 3 is 2.77 bits per heavy atom. The summed E-state index contributed by atoms with van der Waals surface area (Å²) in [6.45, 7) is 2.81. The van der Waals surface area contributed by atoms with Gasteiger partial charge in [-0.3, -0.25) is 4.79 Å². The molecule has 0 bridgehead atoms. The minimum absolute atomic E-state index is 0.00239. The number of amides is 1. The molecule has 3 rings (SSSR count). The summed E-state index contributed by atoms with van der Waals surface area (Å²) >= 11 is 1.32. The third kappa shape index (κ3) is 4.71. The Bertz CT molecular complexity index is 895. The van der Waals surface area contributed by atoms with E-state index in [2.05, 4.69) is 15.0 Å². The van der Waals surface area contributed by atoms with Crippen molar-refractivity contribution in [2.75, 3.05) is 25.1 Å². The number of aryl methyl sites for hydroxylation is 1. The number of nitrogens with one attached hydrogen (secondary N) is 2. The number of rotatable bonds is 6. The standard InChI is InChI=1S/C16H19N3O5S2/c1-11-10-25-16(18-11)19-15(20)5-6-17-26(21,22)12-3-4-13-14(9-12)24-8-2-7-23-13/h3-4,9-10,17H,2,5-8H2,1H3,(H,18,19,20). The molecule has 1 aromatic carbocycles. The van der Waals surface area contributed by atoms with Gasteiger partial charge < -0.3 is 14.8 Å². The van der Waals surface area contributed by atoms with E-state index in [1.807, 2.05) is 12.3 Å². The van der Waals surface area contributed by atoms with Gasteiger partial charge in [-0.2, -0.15) is 0 Å². The molecule has 140 valence electrons. The van der Waals surface area contributed by atoms with Crippen molar-refractivity contribution >= 4 is 32.4 Å². The molecule has 0 saturated heterocycles. The molecule has 8 nitrogen and oxygen atoms in total. The van der Waals surface area contributed by atoms with Gasteiger partial charge in [-0.1, -0.05) is 0 Å². The molecule has 2 heterocycles. The molecule has 0 aliphatic carbocycles. The number of thiazole rings is 1. The van der Waals surface area contributed by atoms with Crippen molar-refractivity contribution in [2.45, 2.75) is 24.7 Å². The summed E-state index contributed by atoms with van der Waals surface area (Å²) in [7, 11) is -3.75. The van der Waals surface area contributed by atoms with Crippen LogP contribution in [0.4, 0.5) is 5.13 Å². The van der Waals surface area contributed by atoms with Crippen LogP contribution in [0.2, 0.25) is 0 Å². The first-order valence-electron chi connectivity index (χ1n) is 8.05. The molecule has 1 aliphatic heterocycles. The topological polar surface area (TPSA) is 107 Å².